The lowest BCUT2D eigenvalue weighted by atomic mass is 10.2. The van der Waals surface area contributed by atoms with Crippen molar-refractivity contribution in [3.05, 3.63) is 35.9 Å². The highest BCUT2D eigenvalue weighted by Gasteiger charge is 2.29. The lowest BCUT2D eigenvalue weighted by Gasteiger charge is -2.21. The quantitative estimate of drug-likeness (QED) is 0.218. The number of likely N-dealkylation sites (tertiary alicyclic amines) is 1. The molecule has 0 saturated carbocycles. The minimum Gasteiger partial charge on any atom is -0.444 e. The summed E-state index contributed by atoms with van der Waals surface area (Å²) in [7, 11) is 1.79. The number of aliphatic imine (C=N–C) groups is 1. The zero-order chi connectivity index (χ0) is 21.3. The van der Waals surface area contributed by atoms with Crippen molar-refractivity contribution in [1.29, 1.82) is 0 Å². The van der Waals surface area contributed by atoms with E-state index in [4.69, 9.17) is 4.74 Å². The molecule has 7 nitrogen and oxygen atoms in total. The van der Waals surface area contributed by atoms with Crippen molar-refractivity contribution in [2.24, 2.45) is 4.99 Å². The highest BCUT2D eigenvalue weighted by Crippen LogP contribution is 2.20. The molecule has 0 aliphatic carbocycles. The van der Waals surface area contributed by atoms with Crippen LogP contribution in [0.1, 0.15) is 46.1 Å². The van der Waals surface area contributed by atoms with E-state index in [9.17, 15) is 4.79 Å². The fourth-order valence-electron chi connectivity index (χ4n) is 3.43. The number of carbonyl (C=O) groups excluding carboxylic acids is 1. The van der Waals surface area contributed by atoms with Crippen LogP contribution in [0.25, 0.3) is 0 Å². The Labute approximate surface area is 198 Å². The van der Waals surface area contributed by atoms with Gasteiger partial charge in [-0.15, -0.1) is 24.0 Å². The van der Waals surface area contributed by atoms with E-state index >= 15 is 0 Å². The topological polar surface area (TPSA) is 78.0 Å². The summed E-state index contributed by atoms with van der Waals surface area (Å²) in [6.07, 6.45) is 1.51. The third-order valence-corrected chi connectivity index (χ3v) is 4.81. The zero-order valence-corrected chi connectivity index (χ0v) is 21.2. The van der Waals surface area contributed by atoms with Gasteiger partial charge in [-0.25, -0.2) is 4.79 Å². The highest BCUT2D eigenvalue weighted by atomic mass is 127. The molecule has 0 spiro atoms. The molecule has 1 heterocycles. The molecule has 3 N–H and O–H groups in total. The number of benzene rings is 1. The predicted octanol–water partition coefficient (Wildman–Crippen LogP) is 3.35. The van der Waals surface area contributed by atoms with E-state index < -0.39 is 5.60 Å². The van der Waals surface area contributed by atoms with E-state index in [2.05, 4.69) is 63.1 Å². The van der Waals surface area contributed by atoms with Gasteiger partial charge in [-0.3, -0.25) is 9.89 Å². The van der Waals surface area contributed by atoms with Crippen LogP contribution in [0.3, 0.4) is 0 Å². The first kappa shape index (κ1) is 26.5. The first-order chi connectivity index (χ1) is 13.8. The monoisotopic (exact) mass is 531 g/mol. The van der Waals surface area contributed by atoms with Crippen LogP contribution in [0.4, 0.5) is 4.79 Å². The Balaban J connectivity index is 0.00000450. The Morgan fingerprint density at radius 3 is 2.50 bits per heavy atom. The van der Waals surface area contributed by atoms with Gasteiger partial charge in [-0.1, -0.05) is 30.3 Å². The summed E-state index contributed by atoms with van der Waals surface area (Å²) in [5.74, 6) is 0.807. The van der Waals surface area contributed by atoms with Crippen LogP contribution in [0.2, 0.25) is 0 Å². The first-order valence-electron chi connectivity index (χ1n) is 10.5. The average molecular weight is 531 g/mol. The number of halogens is 1. The summed E-state index contributed by atoms with van der Waals surface area (Å²) in [5, 5.41) is 9.62. The van der Waals surface area contributed by atoms with Crippen molar-refractivity contribution in [2.45, 2.75) is 64.8 Å². The van der Waals surface area contributed by atoms with Crippen molar-refractivity contribution in [1.82, 2.24) is 20.9 Å². The van der Waals surface area contributed by atoms with Crippen LogP contribution in [0.15, 0.2) is 35.3 Å². The summed E-state index contributed by atoms with van der Waals surface area (Å²) in [6, 6.07) is 11.5. The van der Waals surface area contributed by atoms with Crippen molar-refractivity contribution in [2.75, 3.05) is 26.7 Å². The van der Waals surface area contributed by atoms with Crippen molar-refractivity contribution < 1.29 is 9.53 Å². The Hall–Kier alpha value is -1.55. The molecule has 2 rings (SSSR count). The maximum atomic E-state index is 11.6. The number of guanidine groups is 1. The Morgan fingerprint density at radius 1 is 1.20 bits per heavy atom. The number of nitrogens with zero attached hydrogens (tertiary/aromatic N) is 2. The molecule has 1 saturated heterocycles. The third-order valence-electron chi connectivity index (χ3n) is 4.81. The van der Waals surface area contributed by atoms with E-state index in [-0.39, 0.29) is 30.1 Å². The number of hydrogen-bond acceptors (Lipinski definition) is 4. The molecule has 1 aromatic carbocycles. The standard InChI is InChI=1S/C22H37N5O2.HI/c1-17-14-19(16-27(17)15-18-10-7-6-8-11-18)26-20(23-5)24-12-9-13-25-21(28)29-22(2,3)4;/h6-8,10-11,17,19H,9,12-16H2,1-5H3,(H,25,28)(H2,23,24,26);1H. The minimum atomic E-state index is -0.471. The van der Waals surface area contributed by atoms with Gasteiger partial charge in [-0.2, -0.15) is 0 Å². The Bertz CT molecular complexity index is 663. The van der Waals surface area contributed by atoms with E-state index in [1.807, 2.05) is 20.8 Å². The minimum absolute atomic E-state index is 0. The van der Waals surface area contributed by atoms with Crippen LogP contribution in [-0.2, 0) is 11.3 Å². The smallest absolute Gasteiger partial charge is 0.407 e. The Kier molecular flexibility index (Phi) is 11.5. The van der Waals surface area contributed by atoms with Crippen molar-refractivity contribution in [3.8, 4) is 0 Å². The third kappa shape index (κ3) is 9.97. The van der Waals surface area contributed by atoms with Gasteiger partial charge in [0.05, 0.1) is 0 Å². The van der Waals surface area contributed by atoms with E-state index in [1.165, 1.54) is 5.56 Å². The second kappa shape index (κ2) is 13.0. The Morgan fingerprint density at radius 2 is 1.87 bits per heavy atom. The van der Waals surface area contributed by atoms with Crippen LogP contribution in [0.5, 0.6) is 0 Å². The normalized spacial score (nSPS) is 19.7. The summed E-state index contributed by atoms with van der Waals surface area (Å²) >= 11 is 0. The van der Waals surface area contributed by atoms with Gasteiger partial charge in [0, 0.05) is 45.3 Å². The molecule has 0 bridgehead atoms. The second-order valence-corrected chi connectivity index (χ2v) is 8.62. The molecule has 1 fully saturated rings. The molecule has 0 aromatic heterocycles. The fourth-order valence-corrected chi connectivity index (χ4v) is 3.43. The van der Waals surface area contributed by atoms with Crippen LogP contribution in [0, 0.1) is 0 Å². The van der Waals surface area contributed by atoms with E-state index in [1.54, 1.807) is 7.05 Å². The van der Waals surface area contributed by atoms with Gasteiger partial charge in [-0.05, 0) is 46.1 Å². The van der Waals surface area contributed by atoms with Gasteiger partial charge >= 0.3 is 6.09 Å². The number of hydrogen-bond donors (Lipinski definition) is 3. The van der Waals surface area contributed by atoms with E-state index in [0.717, 1.165) is 38.4 Å². The summed E-state index contributed by atoms with van der Waals surface area (Å²) in [4.78, 5) is 18.5. The molecule has 2 atom stereocenters. The van der Waals surface area contributed by atoms with Crippen LogP contribution in [-0.4, -0.2) is 61.3 Å². The van der Waals surface area contributed by atoms with Gasteiger partial charge in [0.25, 0.3) is 0 Å². The molecule has 8 heteroatoms. The van der Waals surface area contributed by atoms with Crippen LogP contribution < -0.4 is 16.0 Å². The number of amides is 1. The summed E-state index contributed by atoms with van der Waals surface area (Å²) in [6.45, 7) is 11.1. The molecule has 1 aliphatic heterocycles. The van der Waals surface area contributed by atoms with Crippen LogP contribution >= 0.6 is 24.0 Å². The van der Waals surface area contributed by atoms with Gasteiger partial charge < -0.3 is 20.7 Å². The maximum absolute atomic E-state index is 11.6. The lowest BCUT2D eigenvalue weighted by Crippen LogP contribution is -2.45. The predicted molar refractivity (Wildman–Crippen MR) is 133 cm³/mol. The van der Waals surface area contributed by atoms with Gasteiger partial charge in [0.2, 0.25) is 0 Å². The molecule has 2 unspecified atom stereocenters. The zero-order valence-electron chi connectivity index (χ0n) is 18.9. The van der Waals surface area contributed by atoms with Crippen molar-refractivity contribution in [3.63, 3.8) is 0 Å². The number of rotatable bonds is 7. The average Bonchev–Trinajstić information content (AvgIpc) is 2.98. The summed E-state index contributed by atoms with van der Waals surface area (Å²) in [5.41, 5.74) is 0.876. The number of carbonyl (C=O) groups is 1. The summed E-state index contributed by atoms with van der Waals surface area (Å²) < 4.78 is 5.23. The SMILES string of the molecule is CN=C(NCCCNC(=O)OC(C)(C)C)NC1CC(C)N(Cc2ccccc2)C1.I. The number of alkyl carbamates (subject to hydrolysis) is 1. The number of ether oxygens (including phenoxy) is 1. The first-order valence-corrected chi connectivity index (χ1v) is 10.5. The largest absolute Gasteiger partial charge is 0.444 e. The van der Waals surface area contributed by atoms with Gasteiger partial charge in [0.15, 0.2) is 5.96 Å². The van der Waals surface area contributed by atoms with Gasteiger partial charge in [0.1, 0.15) is 5.60 Å². The fraction of sp³-hybridized carbons (Fsp3) is 0.636. The highest BCUT2D eigenvalue weighted by molar-refractivity contribution is 14.0. The second-order valence-electron chi connectivity index (χ2n) is 8.62. The molecule has 1 aliphatic rings. The number of nitrogens with one attached hydrogen (secondary N) is 3. The molecule has 0 radical (unpaired) electrons. The molecular weight excluding hydrogens is 493 g/mol. The molecule has 1 amide bonds. The maximum Gasteiger partial charge on any atom is 0.407 e. The van der Waals surface area contributed by atoms with E-state index in [0.29, 0.717) is 18.6 Å². The van der Waals surface area contributed by atoms with Crippen molar-refractivity contribution >= 4 is 36.0 Å². The molecular formula is C22H38IN5O2. The molecule has 170 valence electrons. The molecule has 1 aromatic rings. The lowest BCUT2D eigenvalue weighted by molar-refractivity contribution is 0.0527. The molecule has 30 heavy (non-hydrogen) atoms.